The van der Waals surface area contributed by atoms with Gasteiger partial charge in [-0.05, 0) is 36.4 Å². The minimum absolute atomic E-state index is 0.0239. The van der Waals surface area contributed by atoms with E-state index in [1.807, 2.05) is 0 Å². The van der Waals surface area contributed by atoms with E-state index < -0.39 is 36.0 Å². The van der Waals surface area contributed by atoms with Gasteiger partial charge in [0.05, 0.1) is 26.7 Å². The van der Waals surface area contributed by atoms with E-state index in [-0.39, 0.29) is 28.3 Å². The molecule has 0 aliphatic heterocycles. The van der Waals surface area contributed by atoms with Gasteiger partial charge in [-0.3, -0.25) is 9.59 Å². The van der Waals surface area contributed by atoms with Crippen molar-refractivity contribution in [3.05, 3.63) is 77.5 Å². The standard InChI is InChI=1S/C23H20F2N2O5/c1-31-13-7-8-17(25)15(11-13)22-20(32-2)10-9-18(26-22)23(30)27-19(12-21(28)29)14-5-3-4-6-16(14)24/h3-11,19H,12H2,1-2H3,(H,27,30)(H,28,29). The summed E-state index contributed by atoms with van der Waals surface area (Å²) >= 11 is 0. The number of carbonyl (C=O) groups excluding carboxylic acids is 1. The number of hydrogen-bond donors (Lipinski definition) is 2. The van der Waals surface area contributed by atoms with Crippen LogP contribution in [0.4, 0.5) is 8.78 Å². The van der Waals surface area contributed by atoms with Gasteiger partial charge in [0, 0.05) is 11.1 Å². The summed E-state index contributed by atoms with van der Waals surface area (Å²) in [5.41, 5.74) is -0.00478. The van der Waals surface area contributed by atoms with Gasteiger partial charge in [-0.1, -0.05) is 18.2 Å². The minimum atomic E-state index is -1.22. The van der Waals surface area contributed by atoms with Crippen LogP contribution >= 0.6 is 0 Å². The highest BCUT2D eigenvalue weighted by Crippen LogP contribution is 2.33. The zero-order chi connectivity index (χ0) is 23.3. The summed E-state index contributed by atoms with van der Waals surface area (Å²) < 4.78 is 39.1. The molecule has 0 saturated carbocycles. The highest BCUT2D eigenvalue weighted by Gasteiger charge is 2.23. The largest absolute Gasteiger partial charge is 0.497 e. The van der Waals surface area contributed by atoms with E-state index in [4.69, 9.17) is 9.47 Å². The monoisotopic (exact) mass is 442 g/mol. The molecule has 3 aromatic rings. The molecule has 0 saturated heterocycles. The van der Waals surface area contributed by atoms with Gasteiger partial charge in [0.2, 0.25) is 0 Å². The van der Waals surface area contributed by atoms with Gasteiger partial charge in [-0.25, -0.2) is 13.8 Å². The molecule has 9 heteroatoms. The van der Waals surface area contributed by atoms with Crippen LogP contribution in [0.25, 0.3) is 11.3 Å². The van der Waals surface area contributed by atoms with Crippen molar-refractivity contribution in [1.29, 1.82) is 0 Å². The van der Waals surface area contributed by atoms with Crippen LogP contribution in [0, 0.1) is 11.6 Å². The number of halogens is 2. The normalized spacial score (nSPS) is 11.5. The number of aromatic nitrogens is 1. The molecule has 3 rings (SSSR count). The van der Waals surface area contributed by atoms with E-state index in [2.05, 4.69) is 10.3 Å². The van der Waals surface area contributed by atoms with Crippen LogP contribution in [0.15, 0.2) is 54.6 Å². The van der Waals surface area contributed by atoms with Crippen molar-refractivity contribution in [2.24, 2.45) is 0 Å². The molecular formula is C23H20F2N2O5. The first-order chi connectivity index (χ1) is 15.3. The number of amides is 1. The van der Waals surface area contributed by atoms with Crippen LogP contribution in [0.1, 0.15) is 28.5 Å². The fourth-order valence-electron chi connectivity index (χ4n) is 3.15. The number of ether oxygens (including phenoxy) is 2. The van der Waals surface area contributed by atoms with E-state index in [9.17, 15) is 23.5 Å². The third kappa shape index (κ3) is 5.00. The molecule has 0 fully saturated rings. The van der Waals surface area contributed by atoms with Crippen LogP contribution in [0.2, 0.25) is 0 Å². The lowest BCUT2D eigenvalue weighted by Crippen LogP contribution is -2.31. The maximum Gasteiger partial charge on any atom is 0.305 e. The molecule has 1 aromatic heterocycles. The number of pyridine rings is 1. The average Bonchev–Trinajstić information content (AvgIpc) is 2.78. The number of carbonyl (C=O) groups is 2. The predicted molar refractivity (Wildman–Crippen MR) is 112 cm³/mol. The molecule has 2 N–H and O–H groups in total. The maximum absolute atomic E-state index is 14.5. The third-order valence-corrected chi connectivity index (χ3v) is 4.70. The number of methoxy groups -OCH3 is 2. The van der Waals surface area contributed by atoms with Crippen molar-refractivity contribution in [3.8, 4) is 22.8 Å². The van der Waals surface area contributed by atoms with Crippen molar-refractivity contribution in [3.63, 3.8) is 0 Å². The summed E-state index contributed by atoms with van der Waals surface area (Å²) in [4.78, 5) is 28.4. The molecular weight excluding hydrogens is 422 g/mol. The van der Waals surface area contributed by atoms with Crippen LogP contribution < -0.4 is 14.8 Å². The topological polar surface area (TPSA) is 97.8 Å². The minimum Gasteiger partial charge on any atom is -0.497 e. The van der Waals surface area contributed by atoms with Crippen LogP contribution in [-0.2, 0) is 4.79 Å². The first kappa shape index (κ1) is 22.7. The predicted octanol–water partition coefficient (Wildman–Crippen LogP) is 3.99. The Labute approximate surface area is 182 Å². The van der Waals surface area contributed by atoms with Crippen molar-refractivity contribution < 1.29 is 33.0 Å². The van der Waals surface area contributed by atoms with E-state index >= 15 is 0 Å². The molecule has 0 aliphatic rings. The Morgan fingerprint density at radius 1 is 1.03 bits per heavy atom. The quantitative estimate of drug-likeness (QED) is 0.548. The molecule has 32 heavy (non-hydrogen) atoms. The second-order valence-corrected chi connectivity index (χ2v) is 6.74. The van der Waals surface area contributed by atoms with Crippen molar-refractivity contribution in [1.82, 2.24) is 10.3 Å². The summed E-state index contributed by atoms with van der Waals surface area (Å²) in [6.07, 6.45) is -0.541. The highest BCUT2D eigenvalue weighted by atomic mass is 19.1. The number of hydrogen-bond acceptors (Lipinski definition) is 5. The second kappa shape index (κ2) is 9.86. The van der Waals surface area contributed by atoms with E-state index in [0.717, 1.165) is 0 Å². The first-order valence-electron chi connectivity index (χ1n) is 9.50. The summed E-state index contributed by atoms with van der Waals surface area (Å²) in [6, 6.07) is 11.2. The molecule has 0 aliphatic carbocycles. The van der Waals surface area contributed by atoms with Crippen LogP contribution in [-0.4, -0.2) is 36.2 Å². The van der Waals surface area contributed by atoms with Gasteiger partial charge in [0.1, 0.15) is 34.5 Å². The lowest BCUT2D eigenvalue weighted by molar-refractivity contribution is -0.137. The second-order valence-electron chi connectivity index (χ2n) is 6.74. The molecule has 0 spiro atoms. The van der Waals surface area contributed by atoms with Gasteiger partial charge in [0.15, 0.2) is 0 Å². The Bertz CT molecular complexity index is 1150. The third-order valence-electron chi connectivity index (χ3n) is 4.70. The molecule has 2 aromatic carbocycles. The fourth-order valence-corrected chi connectivity index (χ4v) is 3.15. The van der Waals surface area contributed by atoms with E-state index in [1.54, 1.807) is 0 Å². The summed E-state index contributed by atoms with van der Waals surface area (Å²) in [7, 11) is 2.80. The number of carboxylic acid groups (broad SMARTS) is 1. The summed E-state index contributed by atoms with van der Waals surface area (Å²) in [5, 5.41) is 11.7. The summed E-state index contributed by atoms with van der Waals surface area (Å²) in [5.74, 6) is -2.65. The number of benzene rings is 2. The Morgan fingerprint density at radius 2 is 1.78 bits per heavy atom. The lowest BCUT2D eigenvalue weighted by atomic mass is 10.0. The molecule has 166 valence electrons. The zero-order valence-corrected chi connectivity index (χ0v) is 17.3. The molecule has 1 amide bonds. The number of carboxylic acids is 1. The molecule has 1 atom stereocenters. The van der Waals surface area contributed by atoms with Gasteiger partial charge < -0.3 is 19.9 Å². The van der Waals surface area contributed by atoms with Gasteiger partial charge in [0.25, 0.3) is 5.91 Å². The van der Waals surface area contributed by atoms with Gasteiger partial charge in [-0.2, -0.15) is 0 Å². The number of nitrogens with zero attached hydrogens (tertiary/aromatic N) is 1. The molecule has 1 unspecified atom stereocenters. The smallest absolute Gasteiger partial charge is 0.305 e. The summed E-state index contributed by atoms with van der Waals surface area (Å²) in [6.45, 7) is 0. The van der Waals surface area contributed by atoms with E-state index in [1.165, 1.54) is 68.8 Å². The van der Waals surface area contributed by atoms with Gasteiger partial charge >= 0.3 is 5.97 Å². The Hall–Kier alpha value is -4.01. The Balaban J connectivity index is 1.99. The number of aliphatic carboxylic acids is 1. The molecule has 0 bridgehead atoms. The fraction of sp³-hybridized carbons (Fsp3) is 0.174. The first-order valence-corrected chi connectivity index (χ1v) is 9.50. The van der Waals surface area contributed by atoms with Crippen molar-refractivity contribution in [2.75, 3.05) is 14.2 Å². The highest BCUT2D eigenvalue weighted by molar-refractivity contribution is 5.94. The average molecular weight is 442 g/mol. The van der Waals surface area contributed by atoms with Crippen molar-refractivity contribution >= 4 is 11.9 Å². The Morgan fingerprint density at radius 3 is 2.44 bits per heavy atom. The lowest BCUT2D eigenvalue weighted by Gasteiger charge is -2.18. The van der Waals surface area contributed by atoms with Crippen molar-refractivity contribution in [2.45, 2.75) is 12.5 Å². The molecule has 1 heterocycles. The number of nitrogens with one attached hydrogen (secondary N) is 1. The molecule has 0 radical (unpaired) electrons. The SMILES string of the molecule is COc1ccc(F)c(-c2nc(C(=O)NC(CC(=O)O)c3ccccc3F)ccc2OC)c1. The maximum atomic E-state index is 14.5. The van der Waals surface area contributed by atoms with Gasteiger partial charge in [-0.15, -0.1) is 0 Å². The Kier molecular flexibility index (Phi) is 6.99. The number of rotatable bonds is 8. The van der Waals surface area contributed by atoms with Crippen LogP contribution in [0.5, 0.6) is 11.5 Å². The zero-order valence-electron chi connectivity index (χ0n) is 17.3. The molecule has 7 nitrogen and oxygen atoms in total. The van der Waals surface area contributed by atoms with Crippen LogP contribution in [0.3, 0.4) is 0 Å². The van der Waals surface area contributed by atoms with E-state index in [0.29, 0.717) is 5.75 Å².